The maximum absolute atomic E-state index is 12.5. The molecule has 0 aliphatic carbocycles. The lowest BCUT2D eigenvalue weighted by atomic mass is 10.0. The minimum atomic E-state index is -3.72. The van der Waals surface area contributed by atoms with Crippen LogP contribution in [0.3, 0.4) is 0 Å². The van der Waals surface area contributed by atoms with Crippen molar-refractivity contribution < 1.29 is 17.9 Å². The lowest BCUT2D eigenvalue weighted by molar-refractivity contribution is -0.0120. The second-order valence-electron chi connectivity index (χ2n) is 5.13. The van der Waals surface area contributed by atoms with E-state index in [-0.39, 0.29) is 16.5 Å². The van der Waals surface area contributed by atoms with Crippen LogP contribution in [0.15, 0.2) is 17.0 Å². The van der Waals surface area contributed by atoms with Crippen molar-refractivity contribution in [2.45, 2.75) is 23.8 Å². The summed E-state index contributed by atoms with van der Waals surface area (Å²) in [7, 11) is -2.17. The van der Waals surface area contributed by atoms with Crippen molar-refractivity contribution in [3.8, 4) is 0 Å². The van der Waals surface area contributed by atoms with Gasteiger partial charge in [-0.25, -0.2) is 13.1 Å². The molecule has 1 aliphatic rings. The van der Waals surface area contributed by atoms with Crippen LogP contribution in [-0.2, 0) is 19.5 Å². The topological polar surface area (TPSA) is 90.7 Å². The van der Waals surface area contributed by atoms with Crippen molar-refractivity contribution in [2.24, 2.45) is 0 Å². The van der Waals surface area contributed by atoms with E-state index in [1.165, 1.54) is 12.1 Å². The van der Waals surface area contributed by atoms with E-state index in [1.807, 2.05) is 0 Å². The molecule has 0 amide bonds. The van der Waals surface area contributed by atoms with Gasteiger partial charge in [-0.3, -0.25) is 0 Å². The van der Waals surface area contributed by atoms with Crippen LogP contribution in [0.2, 0.25) is 5.02 Å². The first-order valence-corrected chi connectivity index (χ1v) is 8.34. The number of ether oxygens (including phenoxy) is 2. The van der Waals surface area contributed by atoms with E-state index >= 15 is 0 Å². The number of halogens is 1. The quantitative estimate of drug-likeness (QED) is 0.792. The Bertz CT molecular complexity index is 627. The Balaban J connectivity index is 2.23. The molecule has 6 nitrogen and oxygen atoms in total. The van der Waals surface area contributed by atoms with E-state index in [0.29, 0.717) is 30.9 Å². The highest BCUT2D eigenvalue weighted by Crippen LogP contribution is 2.27. The third-order valence-electron chi connectivity index (χ3n) is 3.74. The highest BCUT2D eigenvalue weighted by molar-refractivity contribution is 7.89. The molecule has 1 saturated heterocycles. The fourth-order valence-corrected chi connectivity index (χ4v) is 3.92. The SMILES string of the molecule is COC1(CNS(=O)(=O)c2cc(Cl)cc(N)c2C)CCOC1. The van der Waals surface area contributed by atoms with Crippen molar-refractivity contribution in [1.29, 1.82) is 0 Å². The zero-order chi connectivity index (χ0) is 15.7. The van der Waals surface area contributed by atoms with Gasteiger partial charge in [-0.05, 0) is 24.6 Å². The minimum Gasteiger partial charge on any atom is -0.398 e. The molecule has 3 N–H and O–H groups in total. The summed E-state index contributed by atoms with van der Waals surface area (Å²) >= 11 is 5.89. The molecule has 2 rings (SSSR count). The summed E-state index contributed by atoms with van der Waals surface area (Å²) in [5.41, 5.74) is 5.96. The number of nitrogens with one attached hydrogen (secondary N) is 1. The second-order valence-corrected chi connectivity index (χ2v) is 7.30. The second kappa shape index (κ2) is 6.10. The van der Waals surface area contributed by atoms with E-state index in [2.05, 4.69) is 4.72 Å². The van der Waals surface area contributed by atoms with Crippen LogP contribution in [0.25, 0.3) is 0 Å². The van der Waals surface area contributed by atoms with Crippen molar-refractivity contribution in [3.05, 3.63) is 22.7 Å². The Labute approximate surface area is 129 Å². The molecular formula is C13H19ClN2O4S. The smallest absolute Gasteiger partial charge is 0.241 e. The van der Waals surface area contributed by atoms with Crippen LogP contribution in [-0.4, -0.2) is 40.9 Å². The lowest BCUT2D eigenvalue weighted by Gasteiger charge is -2.26. The number of benzene rings is 1. The monoisotopic (exact) mass is 334 g/mol. The van der Waals surface area contributed by atoms with Crippen molar-refractivity contribution in [3.63, 3.8) is 0 Å². The van der Waals surface area contributed by atoms with Crippen molar-refractivity contribution >= 4 is 27.3 Å². The Hall–Kier alpha value is -0.860. The normalized spacial score (nSPS) is 22.6. The summed E-state index contributed by atoms with van der Waals surface area (Å²) in [6, 6.07) is 2.91. The van der Waals surface area contributed by atoms with Gasteiger partial charge < -0.3 is 15.2 Å². The van der Waals surface area contributed by atoms with Crippen LogP contribution in [0.4, 0.5) is 5.69 Å². The highest BCUT2D eigenvalue weighted by atomic mass is 35.5. The zero-order valence-electron chi connectivity index (χ0n) is 12.0. The molecular weight excluding hydrogens is 316 g/mol. The van der Waals surface area contributed by atoms with Gasteiger partial charge in [-0.2, -0.15) is 0 Å². The molecule has 0 spiro atoms. The molecule has 118 valence electrons. The predicted octanol–water partition coefficient (Wildman–Crippen LogP) is 1.31. The fraction of sp³-hybridized carbons (Fsp3) is 0.538. The maximum Gasteiger partial charge on any atom is 0.241 e. The number of nitrogens with two attached hydrogens (primary N) is 1. The molecule has 1 unspecified atom stereocenters. The van der Waals surface area contributed by atoms with Crippen molar-refractivity contribution in [2.75, 3.05) is 32.6 Å². The first-order chi connectivity index (χ1) is 9.80. The number of nitrogen functional groups attached to an aromatic ring is 1. The number of hydrogen-bond donors (Lipinski definition) is 2. The summed E-state index contributed by atoms with van der Waals surface area (Å²) in [6.07, 6.45) is 0.642. The molecule has 8 heteroatoms. The number of rotatable bonds is 5. The lowest BCUT2D eigenvalue weighted by Crippen LogP contribution is -2.45. The van der Waals surface area contributed by atoms with E-state index in [1.54, 1.807) is 14.0 Å². The Morgan fingerprint density at radius 3 is 2.81 bits per heavy atom. The van der Waals surface area contributed by atoms with Gasteiger partial charge in [0, 0.05) is 37.4 Å². The van der Waals surface area contributed by atoms with E-state index in [9.17, 15) is 8.42 Å². The molecule has 1 atom stereocenters. The molecule has 1 aliphatic heterocycles. The molecule has 0 radical (unpaired) electrons. The summed E-state index contributed by atoms with van der Waals surface area (Å²) in [5.74, 6) is 0. The fourth-order valence-electron chi connectivity index (χ4n) is 2.22. The van der Waals surface area contributed by atoms with Crippen LogP contribution >= 0.6 is 11.6 Å². The van der Waals surface area contributed by atoms with Crippen molar-refractivity contribution in [1.82, 2.24) is 4.72 Å². The first kappa shape index (κ1) is 16.5. The van der Waals surface area contributed by atoms with Gasteiger partial charge in [0.2, 0.25) is 10.0 Å². The number of anilines is 1. The highest BCUT2D eigenvalue weighted by Gasteiger charge is 2.36. The number of sulfonamides is 1. The molecule has 1 fully saturated rings. The van der Waals surface area contributed by atoms with Crippen LogP contribution < -0.4 is 10.5 Å². The zero-order valence-corrected chi connectivity index (χ0v) is 13.6. The molecule has 0 saturated carbocycles. The third kappa shape index (κ3) is 3.49. The van der Waals surface area contributed by atoms with Gasteiger partial charge >= 0.3 is 0 Å². The largest absolute Gasteiger partial charge is 0.398 e. The minimum absolute atomic E-state index is 0.0812. The Morgan fingerprint density at radius 1 is 1.52 bits per heavy atom. The molecule has 1 aromatic rings. The third-order valence-corrected chi connectivity index (χ3v) is 5.48. The summed E-state index contributed by atoms with van der Waals surface area (Å²) < 4.78 is 38.1. The molecule has 21 heavy (non-hydrogen) atoms. The Kier molecular flexibility index (Phi) is 4.79. The van der Waals surface area contributed by atoms with E-state index in [4.69, 9.17) is 26.8 Å². The first-order valence-electron chi connectivity index (χ1n) is 6.48. The average Bonchev–Trinajstić information content (AvgIpc) is 2.90. The van der Waals surface area contributed by atoms with E-state index < -0.39 is 15.6 Å². The van der Waals surface area contributed by atoms with Gasteiger partial charge in [0.05, 0.1) is 11.5 Å². The summed E-state index contributed by atoms with van der Waals surface area (Å²) in [6.45, 7) is 2.70. The van der Waals surface area contributed by atoms with Gasteiger partial charge in [0.1, 0.15) is 5.60 Å². The molecule has 1 heterocycles. The van der Waals surface area contributed by atoms with Gasteiger partial charge in [-0.15, -0.1) is 0 Å². The molecule has 1 aromatic carbocycles. The average molecular weight is 335 g/mol. The summed E-state index contributed by atoms with van der Waals surface area (Å²) in [5, 5.41) is 0.282. The van der Waals surface area contributed by atoms with E-state index in [0.717, 1.165) is 0 Å². The number of hydrogen-bond acceptors (Lipinski definition) is 5. The molecule has 0 bridgehead atoms. The van der Waals surface area contributed by atoms with Crippen LogP contribution in [0, 0.1) is 6.92 Å². The van der Waals surface area contributed by atoms with Gasteiger partial charge in [0.15, 0.2) is 0 Å². The van der Waals surface area contributed by atoms with Gasteiger partial charge in [0.25, 0.3) is 0 Å². The van der Waals surface area contributed by atoms with Gasteiger partial charge in [-0.1, -0.05) is 11.6 Å². The predicted molar refractivity (Wildman–Crippen MR) is 81.0 cm³/mol. The van der Waals surface area contributed by atoms with Crippen LogP contribution in [0.1, 0.15) is 12.0 Å². The number of methoxy groups -OCH3 is 1. The summed E-state index contributed by atoms with van der Waals surface area (Å²) in [4.78, 5) is 0.0812. The Morgan fingerprint density at radius 2 is 2.24 bits per heavy atom. The maximum atomic E-state index is 12.5. The van der Waals surface area contributed by atoms with Crippen LogP contribution in [0.5, 0.6) is 0 Å². The standard InChI is InChI=1S/C13H19ClN2O4S/c1-9-11(15)5-10(14)6-12(9)21(17,18)16-7-13(19-2)3-4-20-8-13/h5-6,16H,3-4,7-8,15H2,1-2H3. The molecule has 0 aromatic heterocycles.